The van der Waals surface area contributed by atoms with E-state index in [2.05, 4.69) is 20.9 Å². The Kier molecular flexibility index (Phi) is 6.24. The summed E-state index contributed by atoms with van der Waals surface area (Å²) in [6.07, 6.45) is 1.80. The highest BCUT2D eigenvalue weighted by Crippen LogP contribution is 2.38. The third kappa shape index (κ3) is 4.17. The Hall–Kier alpha value is -3.37. The molecule has 0 aliphatic carbocycles. The normalized spacial score (nSPS) is 16.7. The first kappa shape index (κ1) is 23.4. The van der Waals surface area contributed by atoms with Gasteiger partial charge in [0.2, 0.25) is 6.79 Å². The predicted molar refractivity (Wildman–Crippen MR) is 134 cm³/mol. The topological polar surface area (TPSA) is 88.4 Å². The van der Waals surface area contributed by atoms with Gasteiger partial charge in [-0.05, 0) is 71.2 Å². The van der Waals surface area contributed by atoms with Gasteiger partial charge >= 0.3 is 5.97 Å². The van der Waals surface area contributed by atoms with Crippen LogP contribution in [0, 0.1) is 0 Å². The summed E-state index contributed by atoms with van der Waals surface area (Å²) in [6, 6.07) is 10.3. The lowest BCUT2D eigenvalue weighted by Crippen LogP contribution is -2.39. The fourth-order valence-electron chi connectivity index (χ4n) is 4.11. The molecule has 0 saturated carbocycles. The number of benzene rings is 2. The van der Waals surface area contributed by atoms with Crippen molar-refractivity contribution in [3.05, 3.63) is 83.0 Å². The minimum atomic E-state index is -0.718. The zero-order valence-corrected chi connectivity index (χ0v) is 21.6. The number of hydrogen-bond acceptors (Lipinski definition) is 8. The zero-order valence-electron chi connectivity index (χ0n) is 19.2. The summed E-state index contributed by atoms with van der Waals surface area (Å²) < 4.78 is 24.4. The maximum atomic E-state index is 13.7. The van der Waals surface area contributed by atoms with E-state index in [1.807, 2.05) is 24.3 Å². The molecule has 0 saturated heterocycles. The molecule has 0 radical (unpaired) electrons. The summed E-state index contributed by atoms with van der Waals surface area (Å²) in [5.74, 6) is 1.36. The number of carbonyl (C=O) groups is 1. The van der Waals surface area contributed by atoms with Crippen molar-refractivity contribution in [1.82, 2.24) is 4.57 Å². The van der Waals surface area contributed by atoms with Gasteiger partial charge in [0.25, 0.3) is 5.56 Å². The van der Waals surface area contributed by atoms with Crippen LogP contribution in [0.15, 0.2) is 61.9 Å². The maximum absolute atomic E-state index is 13.7. The standard InChI is InChI=1S/C25H21BrN2O6S/c1-4-32-24(30)21-13(2)27-25-28(22(21)15-6-8-18-19(11-15)34-12-33-18)23(29)20(35-25)10-14-5-7-17(31-3)16(26)9-14/h5-11,22H,4,12H2,1-3H3/b20-10-/t22-/m1/s1. The Balaban J connectivity index is 1.70. The number of fused-ring (bicyclic) bond motifs is 2. The summed E-state index contributed by atoms with van der Waals surface area (Å²) >= 11 is 4.75. The molecule has 1 aromatic heterocycles. The van der Waals surface area contributed by atoms with Crippen molar-refractivity contribution < 1.29 is 23.7 Å². The number of rotatable bonds is 5. The minimum absolute atomic E-state index is 0.124. The fourth-order valence-corrected chi connectivity index (χ4v) is 5.72. The fraction of sp³-hybridized carbons (Fsp3) is 0.240. The number of hydrogen-bond donors (Lipinski definition) is 0. The van der Waals surface area contributed by atoms with Crippen molar-refractivity contribution in [2.75, 3.05) is 20.5 Å². The van der Waals surface area contributed by atoms with E-state index in [0.717, 1.165) is 10.0 Å². The Labute approximate surface area is 212 Å². The summed E-state index contributed by atoms with van der Waals surface area (Å²) in [5, 5.41) is 0. The van der Waals surface area contributed by atoms with Crippen LogP contribution in [0.3, 0.4) is 0 Å². The average Bonchev–Trinajstić information content (AvgIpc) is 3.42. The van der Waals surface area contributed by atoms with Crippen LogP contribution in [0.5, 0.6) is 17.2 Å². The molecule has 0 N–H and O–H groups in total. The molecule has 8 nitrogen and oxygen atoms in total. The third-order valence-electron chi connectivity index (χ3n) is 5.70. The zero-order chi connectivity index (χ0) is 24.7. The first-order valence-corrected chi connectivity index (χ1v) is 12.4. The summed E-state index contributed by atoms with van der Waals surface area (Å²) in [7, 11) is 1.59. The van der Waals surface area contributed by atoms with Crippen LogP contribution in [0.2, 0.25) is 0 Å². The molecular formula is C25H21BrN2O6S. The van der Waals surface area contributed by atoms with Crippen LogP contribution in [0.4, 0.5) is 0 Å². The van der Waals surface area contributed by atoms with Gasteiger partial charge in [0.1, 0.15) is 5.75 Å². The van der Waals surface area contributed by atoms with Gasteiger partial charge in [-0.1, -0.05) is 23.5 Å². The number of aromatic nitrogens is 1. The van der Waals surface area contributed by atoms with Gasteiger partial charge in [-0.25, -0.2) is 9.79 Å². The van der Waals surface area contributed by atoms with Crippen LogP contribution in [0.1, 0.15) is 31.0 Å². The monoisotopic (exact) mass is 556 g/mol. The van der Waals surface area contributed by atoms with E-state index in [4.69, 9.17) is 18.9 Å². The molecule has 10 heteroatoms. The van der Waals surface area contributed by atoms with E-state index in [1.54, 1.807) is 43.7 Å². The maximum Gasteiger partial charge on any atom is 0.338 e. The molecule has 1 atom stereocenters. The number of ether oxygens (including phenoxy) is 4. The number of esters is 1. The SMILES string of the molecule is CCOC(=O)C1=C(C)N=c2s/c(=C\c3ccc(OC)c(Br)c3)c(=O)n2[C@@H]1c1ccc2c(c1)OCO2. The molecule has 3 heterocycles. The number of thiazole rings is 1. The average molecular weight is 557 g/mol. The number of carbonyl (C=O) groups excluding carboxylic acids is 1. The van der Waals surface area contributed by atoms with Crippen LogP contribution < -0.4 is 29.1 Å². The second-order valence-electron chi connectivity index (χ2n) is 7.81. The highest BCUT2D eigenvalue weighted by Gasteiger charge is 2.34. The Morgan fingerprint density at radius 1 is 1.26 bits per heavy atom. The molecule has 5 rings (SSSR count). The second kappa shape index (κ2) is 9.35. The quantitative estimate of drug-likeness (QED) is 0.448. The number of methoxy groups -OCH3 is 1. The molecule has 0 bridgehead atoms. The van der Waals surface area contributed by atoms with E-state index < -0.39 is 12.0 Å². The molecule has 2 aliphatic rings. The minimum Gasteiger partial charge on any atom is -0.496 e. The second-order valence-corrected chi connectivity index (χ2v) is 9.67. The van der Waals surface area contributed by atoms with Crippen molar-refractivity contribution in [2.45, 2.75) is 19.9 Å². The van der Waals surface area contributed by atoms with Crippen LogP contribution >= 0.6 is 27.3 Å². The van der Waals surface area contributed by atoms with E-state index in [1.165, 1.54) is 11.3 Å². The molecule has 0 fully saturated rings. The molecule has 0 unspecified atom stereocenters. The number of halogens is 1. The molecule has 2 aliphatic heterocycles. The van der Waals surface area contributed by atoms with Crippen molar-refractivity contribution in [3.8, 4) is 17.2 Å². The summed E-state index contributed by atoms with van der Waals surface area (Å²) in [6.45, 7) is 3.83. The highest BCUT2D eigenvalue weighted by atomic mass is 79.9. The molecule has 0 amide bonds. The van der Waals surface area contributed by atoms with E-state index in [0.29, 0.717) is 43.4 Å². The van der Waals surface area contributed by atoms with Gasteiger partial charge in [-0.15, -0.1) is 0 Å². The van der Waals surface area contributed by atoms with Gasteiger partial charge in [-0.3, -0.25) is 9.36 Å². The van der Waals surface area contributed by atoms with Crippen molar-refractivity contribution in [2.24, 2.45) is 4.99 Å². The largest absolute Gasteiger partial charge is 0.496 e. The van der Waals surface area contributed by atoms with E-state index in [9.17, 15) is 9.59 Å². The third-order valence-corrected chi connectivity index (χ3v) is 7.31. The van der Waals surface area contributed by atoms with Crippen molar-refractivity contribution in [1.29, 1.82) is 0 Å². The van der Waals surface area contributed by atoms with Crippen LogP contribution in [-0.4, -0.2) is 31.0 Å². The Morgan fingerprint density at radius 2 is 2.06 bits per heavy atom. The number of nitrogens with zero attached hydrogens (tertiary/aromatic N) is 2. The predicted octanol–water partition coefficient (Wildman–Crippen LogP) is 3.30. The molecular weight excluding hydrogens is 536 g/mol. The molecule has 180 valence electrons. The van der Waals surface area contributed by atoms with Gasteiger partial charge < -0.3 is 18.9 Å². The van der Waals surface area contributed by atoms with Crippen molar-refractivity contribution in [3.63, 3.8) is 0 Å². The lowest BCUT2D eigenvalue weighted by molar-refractivity contribution is -0.139. The van der Waals surface area contributed by atoms with Gasteiger partial charge in [-0.2, -0.15) is 0 Å². The lowest BCUT2D eigenvalue weighted by Gasteiger charge is -2.24. The molecule has 0 spiro atoms. The van der Waals surface area contributed by atoms with Crippen LogP contribution in [0.25, 0.3) is 6.08 Å². The van der Waals surface area contributed by atoms with E-state index >= 15 is 0 Å². The molecule has 3 aromatic rings. The highest BCUT2D eigenvalue weighted by molar-refractivity contribution is 9.10. The first-order chi connectivity index (χ1) is 16.9. The van der Waals surface area contributed by atoms with Gasteiger partial charge in [0.15, 0.2) is 16.3 Å². The summed E-state index contributed by atoms with van der Waals surface area (Å²) in [5.41, 5.74) is 2.09. The molecule has 35 heavy (non-hydrogen) atoms. The smallest absolute Gasteiger partial charge is 0.338 e. The molecule has 2 aromatic carbocycles. The van der Waals surface area contributed by atoms with Gasteiger partial charge in [0, 0.05) is 0 Å². The Bertz CT molecular complexity index is 1550. The first-order valence-electron chi connectivity index (χ1n) is 10.8. The van der Waals surface area contributed by atoms with E-state index in [-0.39, 0.29) is 19.0 Å². The van der Waals surface area contributed by atoms with Gasteiger partial charge in [0.05, 0.1) is 40.0 Å². The van der Waals surface area contributed by atoms with Crippen molar-refractivity contribution >= 4 is 39.3 Å². The lowest BCUT2D eigenvalue weighted by atomic mass is 9.95. The Morgan fingerprint density at radius 3 is 2.80 bits per heavy atom. The summed E-state index contributed by atoms with van der Waals surface area (Å²) in [4.78, 5) is 31.8. The number of allylic oxidation sites excluding steroid dienone is 1. The van der Waals surface area contributed by atoms with Crippen LogP contribution in [-0.2, 0) is 9.53 Å².